The summed E-state index contributed by atoms with van der Waals surface area (Å²) in [7, 11) is 0. The third-order valence-electron chi connectivity index (χ3n) is 2.80. The number of anilines is 1. The SMILES string of the molecule is CC(=O)c1ccc(NC(=O)NCc2scnc2C)cc1. The van der Waals surface area contributed by atoms with Crippen LogP contribution >= 0.6 is 11.3 Å². The van der Waals surface area contributed by atoms with Gasteiger partial charge in [0.2, 0.25) is 0 Å². The molecule has 104 valence electrons. The van der Waals surface area contributed by atoms with Crippen molar-refractivity contribution < 1.29 is 9.59 Å². The van der Waals surface area contributed by atoms with E-state index >= 15 is 0 Å². The van der Waals surface area contributed by atoms with E-state index in [4.69, 9.17) is 0 Å². The van der Waals surface area contributed by atoms with Crippen molar-refractivity contribution in [1.29, 1.82) is 0 Å². The van der Waals surface area contributed by atoms with Crippen molar-refractivity contribution in [2.75, 3.05) is 5.32 Å². The van der Waals surface area contributed by atoms with Crippen molar-refractivity contribution in [3.05, 3.63) is 45.9 Å². The first-order valence-corrected chi connectivity index (χ1v) is 6.99. The number of aryl methyl sites for hydroxylation is 1. The molecule has 0 aliphatic heterocycles. The topological polar surface area (TPSA) is 71.1 Å². The van der Waals surface area contributed by atoms with Gasteiger partial charge in [0, 0.05) is 16.1 Å². The third-order valence-corrected chi connectivity index (χ3v) is 3.74. The quantitative estimate of drug-likeness (QED) is 0.850. The number of benzene rings is 1. The lowest BCUT2D eigenvalue weighted by Gasteiger charge is -2.07. The number of amides is 2. The van der Waals surface area contributed by atoms with Gasteiger partial charge in [0.25, 0.3) is 0 Å². The molecule has 0 fully saturated rings. The second-order valence-electron chi connectivity index (χ2n) is 4.30. The summed E-state index contributed by atoms with van der Waals surface area (Å²) >= 11 is 1.51. The van der Waals surface area contributed by atoms with Crippen molar-refractivity contribution in [2.24, 2.45) is 0 Å². The van der Waals surface area contributed by atoms with E-state index in [2.05, 4.69) is 15.6 Å². The molecule has 2 amide bonds. The normalized spacial score (nSPS) is 10.1. The van der Waals surface area contributed by atoms with Crippen LogP contribution < -0.4 is 10.6 Å². The number of thiazole rings is 1. The van der Waals surface area contributed by atoms with Gasteiger partial charge in [0.1, 0.15) is 0 Å². The molecule has 0 unspecified atom stereocenters. The summed E-state index contributed by atoms with van der Waals surface area (Å²) in [5, 5.41) is 5.48. The van der Waals surface area contributed by atoms with Crippen LogP contribution in [-0.2, 0) is 6.54 Å². The number of urea groups is 1. The zero-order chi connectivity index (χ0) is 14.5. The minimum absolute atomic E-state index is 0.00155. The maximum absolute atomic E-state index is 11.7. The van der Waals surface area contributed by atoms with Crippen molar-refractivity contribution in [2.45, 2.75) is 20.4 Å². The van der Waals surface area contributed by atoms with Crippen LogP contribution in [0.2, 0.25) is 0 Å². The summed E-state index contributed by atoms with van der Waals surface area (Å²) in [6.45, 7) is 3.87. The van der Waals surface area contributed by atoms with E-state index in [9.17, 15) is 9.59 Å². The Labute approximate surface area is 121 Å². The first kappa shape index (κ1) is 14.2. The molecule has 6 heteroatoms. The second kappa shape index (κ2) is 6.29. The Balaban J connectivity index is 1.88. The monoisotopic (exact) mass is 289 g/mol. The van der Waals surface area contributed by atoms with Crippen LogP contribution in [-0.4, -0.2) is 16.8 Å². The predicted octanol–water partition coefficient (Wildman–Crippen LogP) is 2.98. The largest absolute Gasteiger partial charge is 0.333 e. The van der Waals surface area contributed by atoms with Gasteiger partial charge in [-0.2, -0.15) is 0 Å². The van der Waals surface area contributed by atoms with Crippen LogP contribution in [0.15, 0.2) is 29.8 Å². The van der Waals surface area contributed by atoms with Gasteiger partial charge < -0.3 is 10.6 Å². The molecule has 0 saturated heterocycles. The highest BCUT2D eigenvalue weighted by Gasteiger charge is 2.05. The maximum Gasteiger partial charge on any atom is 0.319 e. The number of hydrogen-bond donors (Lipinski definition) is 2. The molecule has 0 atom stereocenters. The zero-order valence-corrected chi connectivity index (χ0v) is 12.1. The average molecular weight is 289 g/mol. The van der Waals surface area contributed by atoms with E-state index in [1.54, 1.807) is 29.8 Å². The predicted molar refractivity (Wildman–Crippen MR) is 79.2 cm³/mol. The number of nitrogens with one attached hydrogen (secondary N) is 2. The molecular formula is C14H15N3O2S. The molecular weight excluding hydrogens is 274 g/mol. The van der Waals surface area contributed by atoms with Gasteiger partial charge >= 0.3 is 6.03 Å². The van der Waals surface area contributed by atoms with Crippen LogP contribution in [0, 0.1) is 6.92 Å². The Morgan fingerprint density at radius 3 is 2.50 bits per heavy atom. The fourth-order valence-electron chi connectivity index (χ4n) is 1.62. The number of rotatable bonds is 4. The Morgan fingerprint density at radius 1 is 1.25 bits per heavy atom. The van der Waals surface area contributed by atoms with Crippen LogP contribution in [0.5, 0.6) is 0 Å². The van der Waals surface area contributed by atoms with Crippen molar-refractivity contribution >= 4 is 28.8 Å². The highest BCUT2D eigenvalue weighted by Crippen LogP contribution is 2.12. The molecule has 2 aromatic rings. The molecule has 0 aliphatic carbocycles. The summed E-state index contributed by atoms with van der Waals surface area (Å²) in [6, 6.07) is 6.49. The standard InChI is InChI=1S/C14H15N3O2S/c1-9-13(20-8-16-9)7-15-14(19)17-12-5-3-11(4-6-12)10(2)18/h3-6,8H,7H2,1-2H3,(H2,15,17,19). The number of hydrogen-bond acceptors (Lipinski definition) is 4. The number of aromatic nitrogens is 1. The van der Waals surface area contributed by atoms with Crippen molar-refractivity contribution in [3.63, 3.8) is 0 Å². The van der Waals surface area contributed by atoms with Crippen LogP contribution in [0.25, 0.3) is 0 Å². The van der Waals surface area contributed by atoms with Gasteiger partial charge in [-0.05, 0) is 38.1 Å². The van der Waals surface area contributed by atoms with Crippen molar-refractivity contribution in [3.8, 4) is 0 Å². The maximum atomic E-state index is 11.7. The fraction of sp³-hybridized carbons (Fsp3) is 0.214. The Bertz CT molecular complexity index is 620. The van der Waals surface area contributed by atoms with Crippen molar-refractivity contribution in [1.82, 2.24) is 10.3 Å². The average Bonchev–Trinajstić information content (AvgIpc) is 2.82. The molecule has 0 radical (unpaired) electrons. The van der Waals surface area contributed by atoms with Crippen LogP contribution in [0.1, 0.15) is 27.9 Å². The summed E-state index contributed by atoms with van der Waals surface area (Å²) in [5.41, 5.74) is 3.95. The van der Waals surface area contributed by atoms with Gasteiger partial charge in [-0.3, -0.25) is 4.79 Å². The molecule has 5 nitrogen and oxygen atoms in total. The molecule has 0 saturated carbocycles. The molecule has 1 heterocycles. The highest BCUT2D eigenvalue weighted by atomic mass is 32.1. The molecule has 1 aromatic heterocycles. The molecule has 2 rings (SSSR count). The lowest BCUT2D eigenvalue weighted by atomic mass is 10.1. The lowest BCUT2D eigenvalue weighted by molar-refractivity contribution is 0.101. The summed E-state index contributed by atoms with van der Waals surface area (Å²) < 4.78 is 0. The van der Waals surface area contributed by atoms with Gasteiger partial charge in [0.05, 0.1) is 17.7 Å². The minimum atomic E-state index is -0.284. The molecule has 0 spiro atoms. The summed E-state index contributed by atoms with van der Waals surface area (Å²) in [6.07, 6.45) is 0. The minimum Gasteiger partial charge on any atom is -0.333 e. The van der Waals surface area contributed by atoms with Crippen LogP contribution in [0.4, 0.5) is 10.5 Å². The summed E-state index contributed by atoms with van der Waals surface area (Å²) in [5.74, 6) is 0.00155. The Hall–Kier alpha value is -2.21. The first-order chi connectivity index (χ1) is 9.56. The number of ketones is 1. The van der Waals surface area contributed by atoms with E-state index < -0.39 is 0 Å². The zero-order valence-electron chi connectivity index (χ0n) is 11.3. The highest BCUT2D eigenvalue weighted by molar-refractivity contribution is 7.09. The van der Waals surface area contributed by atoms with E-state index in [-0.39, 0.29) is 11.8 Å². The number of carbonyl (C=O) groups is 2. The molecule has 20 heavy (non-hydrogen) atoms. The van der Waals surface area contributed by atoms with Gasteiger partial charge in [-0.25, -0.2) is 9.78 Å². The van der Waals surface area contributed by atoms with Gasteiger partial charge in [0.15, 0.2) is 5.78 Å². The number of carbonyl (C=O) groups excluding carboxylic acids is 2. The summed E-state index contributed by atoms with van der Waals surface area (Å²) in [4.78, 5) is 28.0. The number of nitrogens with zero attached hydrogens (tertiary/aromatic N) is 1. The van der Waals surface area contributed by atoms with Gasteiger partial charge in [-0.1, -0.05) is 0 Å². The first-order valence-electron chi connectivity index (χ1n) is 6.11. The van der Waals surface area contributed by atoms with Crippen LogP contribution in [0.3, 0.4) is 0 Å². The lowest BCUT2D eigenvalue weighted by Crippen LogP contribution is -2.28. The molecule has 0 aliphatic rings. The fourth-order valence-corrected chi connectivity index (χ4v) is 2.34. The van der Waals surface area contributed by atoms with E-state index in [0.717, 1.165) is 10.6 Å². The van der Waals surface area contributed by atoms with Gasteiger partial charge in [-0.15, -0.1) is 11.3 Å². The van der Waals surface area contributed by atoms with E-state index in [0.29, 0.717) is 17.8 Å². The Morgan fingerprint density at radius 2 is 1.95 bits per heavy atom. The molecule has 2 N–H and O–H groups in total. The third kappa shape index (κ3) is 3.64. The molecule has 1 aromatic carbocycles. The van der Waals surface area contributed by atoms with E-state index in [1.807, 2.05) is 6.92 Å². The number of Topliss-reactive ketones (excluding diaryl/α,β-unsaturated/α-hetero) is 1. The Kier molecular flexibility index (Phi) is 4.47. The second-order valence-corrected chi connectivity index (χ2v) is 5.24. The van der Waals surface area contributed by atoms with E-state index in [1.165, 1.54) is 18.3 Å². The molecule has 0 bridgehead atoms. The smallest absolute Gasteiger partial charge is 0.319 e.